The van der Waals surface area contributed by atoms with Crippen LogP contribution in [0.2, 0.25) is 0 Å². The van der Waals surface area contributed by atoms with Gasteiger partial charge in [-0.05, 0) is 53.4 Å². The molecule has 0 spiro atoms. The minimum atomic E-state index is 0.282. The molecule has 0 amide bonds. The molecule has 0 heterocycles. The summed E-state index contributed by atoms with van der Waals surface area (Å²) in [6, 6.07) is 0. The molecule has 0 aromatic rings. The van der Waals surface area contributed by atoms with Crippen LogP contribution in [0.4, 0.5) is 0 Å². The molecule has 2 heteroatoms. The van der Waals surface area contributed by atoms with Crippen LogP contribution >= 0.6 is 11.8 Å². The van der Waals surface area contributed by atoms with Crippen LogP contribution in [0.25, 0.3) is 0 Å². The van der Waals surface area contributed by atoms with Gasteiger partial charge in [-0.2, -0.15) is 0 Å². The Morgan fingerprint density at radius 2 is 1.45 bits per heavy atom. The Balaban J connectivity index is 3.88. The SMILES string of the molecule is CCC(=O)SCC=C(C)CCC=C(C)CCC=C(C)C. The lowest BCUT2D eigenvalue weighted by atomic mass is 10.1. The van der Waals surface area contributed by atoms with Crippen molar-refractivity contribution in [3.05, 3.63) is 34.9 Å². The molecule has 0 aromatic carbocycles. The molecule has 0 aromatic heterocycles. The third kappa shape index (κ3) is 12.3. The number of hydrogen-bond acceptors (Lipinski definition) is 2. The Hall–Kier alpha value is -0.760. The van der Waals surface area contributed by atoms with E-state index >= 15 is 0 Å². The summed E-state index contributed by atoms with van der Waals surface area (Å²) < 4.78 is 0. The Morgan fingerprint density at radius 3 is 2.00 bits per heavy atom. The van der Waals surface area contributed by atoms with Crippen LogP contribution in [0.1, 0.15) is 66.7 Å². The molecule has 0 bridgehead atoms. The van der Waals surface area contributed by atoms with Crippen molar-refractivity contribution in [2.75, 3.05) is 5.75 Å². The largest absolute Gasteiger partial charge is 0.287 e. The van der Waals surface area contributed by atoms with E-state index < -0.39 is 0 Å². The summed E-state index contributed by atoms with van der Waals surface area (Å²) in [5.41, 5.74) is 4.26. The second-order valence-electron chi connectivity index (χ2n) is 5.50. The highest BCUT2D eigenvalue weighted by atomic mass is 32.2. The van der Waals surface area contributed by atoms with Gasteiger partial charge in [0.25, 0.3) is 0 Å². The van der Waals surface area contributed by atoms with Gasteiger partial charge in [-0.15, -0.1) is 0 Å². The molecule has 0 N–H and O–H groups in total. The first-order chi connectivity index (χ1) is 9.45. The van der Waals surface area contributed by atoms with E-state index in [2.05, 4.69) is 45.9 Å². The summed E-state index contributed by atoms with van der Waals surface area (Å²) in [4.78, 5) is 11.2. The fraction of sp³-hybridized carbons (Fsp3) is 0.611. The summed E-state index contributed by atoms with van der Waals surface area (Å²) in [6.45, 7) is 10.6. The lowest BCUT2D eigenvalue weighted by Gasteiger charge is -2.01. The van der Waals surface area contributed by atoms with Crippen molar-refractivity contribution < 1.29 is 4.79 Å². The van der Waals surface area contributed by atoms with Gasteiger partial charge in [0.15, 0.2) is 5.12 Å². The molecule has 0 aliphatic rings. The highest BCUT2D eigenvalue weighted by molar-refractivity contribution is 8.13. The Morgan fingerprint density at radius 1 is 0.900 bits per heavy atom. The summed E-state index contributed by atoms with van der Waals surface area (Å²) in [5, 5.41) is 0.282. The van der Waals surface area contributed by atoms with E-state index in [1.807, 2.05) is 6.92 Å². The van der Waals surface area contributed by atoms with E-state index in [0.29, 0.717) is 6.42 Å². The first-order valence-corrected chi connectivity index (χ1v) is 8.54. The molecule has 0 unspecified atom stereocenters. The maximum atomic E-state index is 11.2. The van der Waals surface area contributed by atoms with Crippen LogP contribution in [-0.4, -0.2) is 10.9 Å². The number of allylic oxidation sites excluding steroid dienone is 5. The maximum Gasteiger partial charge on any atom is 0.188 e. The van der Waals surface area contributed by atoms with E-state index in [0.717, 1.165) is 31.4 Å². The number of carbonyl (C=O) groups is 1. The molecule has 20 heavy (non-hydrogen) atoms. The third-order valence-electron chi connectivity index (χ3n) is 3.09. The molecule has 114 valence electrons. The first-order valence-electron chi connectivity index (χ1n) is 7.56. The van der Waals surface area contributed by atoms with Gasteiger partial charge < -0.3 is 0 Å². The normalized spacial score (nSPS) is 12.4. The minimum absolute atomic E-state index is 0.282. The van der Waals surface area contributed by atoms with Crippen LogP contribution in [-0.2, 0) is 4.79 Å². The standard InChI is InChI=1S/C18H30OS/c1-6-18(19)20-14-13-17(5)12-8-11-16(4)10-7-9-15(2)3/h9,11,13H,6-8,10,12,14H2,1-5H3. The van der Waals surface area contributed by atoms with Crippen LogP contribution in [0.3, 0.4) is 0 Å². The van der Waals surface area contributed by atoms with Crippen molar-refractivity contribution in [1.29, 1.82) is 0 Å². The molecule has 0 saturated heterocycles. The van der Waals surface area contributed by atoms with Crippen molar-refractivity contribution in [2.24, 2.45) is 0 Å². The van der Waals surface area contributed by atoms with E-state index in [-0.39, 0.29) is 5.12 Å². The van der Waals surface area contributed by atoms with Gasteiger partial charge in [0.05, 0.1) is 0 Å². The highest BCUT2D eigenvalue weighted by Gasteiger charge is 1.96. The average molecular weight is 295 g/mol. The van der Waals surface area contributed by atoms with E-state index in [1.54, 1.807) is 0 Å². The third-order valence-corrected chi connectivity index (χ3v) is 4.03. The summed E-state index contributed by atoms with van der Waals surface area (Å²) in [5.74, 6) is 0.821. The zero-order valence-electron chi connectivity index (χ0n) is 13.8. The highest BCUT2D eigenvalue weighted by Crippen LogP contribution is 2.13. The molecule has 0 atom stereocenters. The van der Waals surface area contributed by atoms with Gasteiger partial charge in [0.1, 0.15) is 0 Å². The van der Waals surface area contributed by atoms with Gasteiger partial charge in [0, 0.05) is 12.2 Å². The van der Waals surface area contributed by atoms with Crippen LogP contribution in [0.15, 0.2) is 34.9 Å². The van der Waals surface area contributed by atoms with Crippen molar-refractivity contribution in [3.8, 4) is 0 Å². The summed E-state index contributed by atoms with van der Waals surface area (Å²) in [7, 11) is 0. The monoisotopic (exact) mass is 294 g/mol. The Bertz CT molecular complexity index is 371. The number of thioether (sulfide) groups is 1. The van der Waals surface area contributed by atoms with Crippen LogP contribution < -0.4 is 0 Å². The predicted octanol–water partition coefficient (Wildman–Crippen LogP) is 6.08. The zero-order valence-corrected chi connectivity index (χ0v) is 14.6. The first kappa shape index (κ1) is 19.2. The predicted molar refractivity (Wildman–Crippen MR) is 93.2 cm³/mol. The molecule has 0 aliphatic carbocycles. The molecule has 0 saturated carbocycles. The fourth-order valence-corrected chi connectivity index (χ4v) is 2.48. The van der Waals surface area contributed by atoms with E-state index in [9.17, 15) is 4.79 Å². The van der Waals surface area contributed by atoms with Crippen molar-refractivity contribution in [1.82, 2.24) is 0 Å². The zero-order chi connectivity index (χ0) is 15.4. The summed E-state index contributed by atoms with van der Waals surface area (Å²) in [6.07, 6.45) is 12.0. The minimum Gasteiger partial charge on any atom is -0.287 e. The van der Waals surface area contributed by atoms with E-state index in [1.165, 1.54) is 28.5 Å². The quantitative estimate of drug-likeness (QED) is 0.480. The molecule has 0 radical (unpaired) electrons. The molecular formula is C18H30OS. The second-order valence-corrected chi connectivity index (χ2v) is 6.57. The molecule has 0 rings (SSSR count). The fourth-order valence-electron chi connectivity index (χ4n) is 1.72. The Kier molecular flexibility index (Phi) is 11.6. The lowest BCUT2D eigenvalue weighted by molar-refractivity contribution is -0.110. The van der Waals surface area contributed by atoms with Gasteiger partial charge in [-0.25, -0.2) is 0 Å². The topological polar surface area (TPSA) is 17.1 Å². The smallest absolute Gasteiger partial charge is 0.188 e. The van der Waals surface area contributed by atoms with Crippen molar-refractivity contribution >= 4 is 16.9 Å². The summed E-state index contributed by atoms with van der Waals surface area (Å²) >= 11 is 1.42. The van der Waals surface area contributed by atoms with Gasteiger partial charge in [-0.3, -0.25) is 4.79 Å². The number of carbonyl (C=O) groups excluding carboxylic acids is 1. The van der Waals surface area contributed by atoms with Crippen molar-refractivity contribution in [3.63, 3.8) is 0 Å². The number of hydrogen-bond donors (Lipinski definition) is 0. The van der Waals surface area contributed by atoms with Gasteiger partial charge in [-0.1, -0.05) is 53.6 Å². The molecular weight excluding hydrogens is 264 g/mol. The maximum absolute atomic E-state index is 11.2. The molecule has 1 nitrogen and oxygen atoms in total. The number of rotatable bonds is 9. The average Bonchev–Trinajstić information content (AvgIpc) is 2.38. The molecule has 0 aliphatic heterocycles. The lowest BCUT2D eigenvalue weighted by Crippen LogP contribution is -1.89. The van der Waals surface area contributed by atoms with E-state index in [4.69, 9.17) is 0 Å². The van der Waals surface area contributed by atoms with Crippen molar-refractivity contribution in [2.45, 2.75) is 66.7 Å². The molecule has 0 fully saturated rings. The second kappa shape index (κ2) is 12.0. The Labute approximate surface area is 129 Å². The van der Waals surface area contributed by atoms with Gasteiger partial charge >= 0.3 is 0 Å². The van der Waals surface area contributed by atoms with Gasteiger partial charge in [0.2, 0.25) is 0 Å². The van der Waals surface area contributed by atoms with Crippen LogP contribution in [0.5, 0.6) is 0 Å². The van der Waals surface area contributed by atoms with Crippen LogP contribution in [0, 0.1) is 0 Å².